The SMILES string of the molecule is CCCCOCCN(CCC(=O)OC(C)(C)C)C(=O)OCOP(=O)(OC(C)(C)C)OC(C)(C)C. The number of carbonyl (C=O) groups excluding carboxylic acids is 2. The van der Waals surface area contributed by atoms with Gasteiger partial charge in [0.1, 0.15) is 5.60 Å². The highest BCUT2D eigenvalue weighted by molar-refractivity contribution is 7.48. The maximum Gasteiger partial charge on any atom is 0.478 e. The van der Waals surface area contributed by atoms with Gasteiger partial charge in [-0.15, -0.1) is 0 Å². The number of hydrogen-bond acceptors (Lipinski definition) is 9. The first-order valence-electron chi connectivity index (χ1n) is 11.7. The maximum atomic E-state index is 13.1. The molecule has 1 amide bonds. The molecule has 10 nitrogen and oxygen atoms in total. The highest BCUT2D eigenvalue weighted by Crippen LogP contribution is 2.55. The van der Waals surface area contributed by atoms with Crippen LogP contribution in [0.1, 0.15) is 88.5 Å². The molecular weight excluding hydrogens is 465 g/mol. The van der Waals surface area contributed by atoms with E-state index in [4.69, 9.17) is 27.8 Å². The third kappa shape index (κ3) is 18.2. The molecule has 0 aromatic carbocycles. The number of carbonyl (C=O) groups is 2. The molecular formula is C23H46NO9P. The zero-order valence-electron chi connectivity index (χ0n) is 22.7. The fourth-order valence-corrected chi connectivity index (χ4v) is 4.08. The predicted molar refractivity (Wildman–Crippen MR) is 129 cm³/mol. The summed E-state index contributed by atoms with van der Waals surface area (Å²) in [6, 6.07) is 0. The van der Waals surface area contributed by atoms with E-state index in [9.17, 15) is 14.2 Å². The van der Waals surface area contributed by atoms with Gasteiger partial charge in [0.05, 0.1) is 24.2 Å². The number of ether oxygens (including phenoxy) is 3. The molecule has 0 aliphatic carbocycles. The molecule has 0 bridgehead atoms. The second-order valence-corrected chi connectivity index (χ2v) is 12.3. The Morgan fingerprint density at radius 3 is 1.85 bits per heavy atom. The van der Waals surface area contributed by atoms with Crippen molar-refractivity contribution in [3.05, 3.63) is 0 Å². The van der Waals surface area contributed by atoms with Gasteiger partial charge in [-0.1, -0.05) is 13.3 Å². The van der Waals surface area contributed by atoms with Crippen molar-refractivity contribution in [2.45, 2.75) is 105 Å². The van der Waals surface area contributed by atoms with E-state index in [-0.39, 0.29) is 26.1 Å². The molecule has 0 rings (SSSR count). The van der Waals surface area contributed by atoms with Crippen LogP contribution < -0.4 is 0 Å². The van der Waals surface area contributed by atoms with Crippen molar-refractivity contribution in [3.63, 3.8) is 0 Å². The van der Waals surface area contributed by atoms with Crippen molar-refractivity contribution in [3.8, 4) is 0 Å². The van der Waals surface area contributed by atoms with E-state index < -0.39 is 43.5 Å². The first-order chi connectivity index (χ1) is 15.4. The maximum absolute atomic E-state index is 13.1. The number of phosphoric ester groups is 1. The second-order valence-electron chi connectivity index (χ2n) is 10.8. The average Bonchev–Trinajstić information content (AvgIpc) is 2.58. The summed E-state index contributed by atoms with van der Waals surface area (Å²) in [4.78, 5) is 26.1. The largest absolute Gasteiger partial charge is 0.478 e. The van der Waals surface area contributed by atoms with Gasteiger partial charge in [0.25, 0.3) is 0 Å². The Balaban J connectivity index is 5.05. The molecule has 0 saturated heterocycles. The zero-order chi connectivity index (χ0) is 26.6. The standard InChI is InChI=1S/C23H46NO9P/c1-11-12-16-28-17-15-24(14-13-19(25)31-21(2,3)4)20(26)29-18-30-34(27,32-22(5,6)7)33-23(8,9)10/h11-18H2,1-10H3. The summed E-state index contributed by atoms with van der Waals surface area (Å²) < 4.78 is 45.3. The summed E-state index contributed by atoms with van der Waals surface area (Å²) in [5.74, 6) is -0.435. The summed E-state index contributed by atoms with van der Waals surface area (Å²) in [7, 11) is -4.03. The van der Waals surface area contributed by atoms with E-state index >= 15 is 0 Å². The molecule has 0 aromatic rings. The van der Waals surface area contributed by atoms with E-state index in [1.807, 2.05) is 0 Å². The van der Waals surface area contributed by atoms with E-state index in [2.05, 4.69) is 6.92 Å². The summed E-state index contributed by atoms with van der Waals surface area (Å²) in [5.41, 5.74) is -2.26. The topological polar surface area (TPSA) is 110 Å². The quantitative estimate of drug-likeness (QED) is 0.126. The van der Waals surface area contributed by atoms with Crippen LogP contribution in [0, 0.1) is 0 Å². The van der Waals surface area contributed by atoms with Crippen LogP contribution in [-0.2, 0) is 37.1 Å². The van der Waals surface area contributed by atoms with Crippen molar-refractivity contribution in [2.24, 2.45) is 0 Å². The van der Waals surface area contributed by atoms with Crippen LogP contribution in [0.25, 0.3) is 0 Å². The van der Waals surface area contributed by atoms with Crippen LogP contribution in [0.4, 0.5) is 4.79 Å². The van der Waals surface area contributed by atoms with Crippen LogP contribution in [0.3, 0.4) is 0 Å². The van der Waals surface area contributed by atoms with Crippen molar-refractivity contribution >= 4 is 19.9 Å². The Kier molecular flexibility index (Phi) is 13.9. The van der Waals surface area contributed by atoms with Crippen molar-refractivity contribution in [2.75, 3.05) is 33.1 Å². The van der Waals surface area contributed by atoms with Gasteiger partial charge in [-0.3, -0.25) is 13.8 Å². The molecule has 0 heterocycles. The summed E-state index contributed by atoms with van der Waals surface area (Å²) in [6.45, 7) is 18.1. The zero-order valence-corrected chi connectivity index (χ0v) is 23.6. The monoisotopic (exact) mass is 511 g/mol. The Morgan fingerprint density at radius 1 is 0.824 bits per heavy atom. The Labute approximate surface area is 205 Å². The molecule has 0 fully saturated rings. The fraction of sp³-hybridized carbons (Fsp3) is 0.913. The van der Waals surface area contributed by atoms with Crippen LogP contribution in [-0.4, -0.2) is 66.9 Å². The van der Waals surface area contributed by atoms with E-state index in [1.54, 1.807) is 62.3 Å². The van der Waals surface area contributed by atoms with Gasteiger partial charge in [0.2, 0.25) is 6.79 Å². The van der Waals surface area contributed by atoms with Crippen molar-refractivity contribution in [1.29, 1.82) is 0 Å². The fourth-order valence-electron chi connectivity index (χ4n) is 2.41. The lowest BCUT2D eigenvalue weighted by atomic mass is 10.2. The molecule has 202 valence electrons. The number of unbranched alkanes of at least 4 members (excludes halogenated alkanes) is 1. The van der Waals surface area contributed by atoms with E-state index in [0.29, 0.717) is 6.61 Å². The second kappa shape index (κ2) is 14.4. The Morgan fingerprint density at radius 2 is 1.38 bits per heavy atom. The summed E-state index contributed by atoms with van der Waals surface area (Å²) in [5, 5.41) is 0. The number of hydrogen-bond donors (Lipinski definition) is 0. The predicted octanol–water partition coefficient (Wildman–Crippen LogP) is 5.69. The summed E-state index contributed by atoms with van der Waals surface area (Å²) >= 11 is 0. The first-order valence-corrected chi connectivity index (χ1v) is 13.2. The van der Waals surface area contributed by atoms with Gasteiger partial charge >= 0.3 is 19.9 Å². The van der Waals surface area contributed by atoms with Crippen molar-refractivity contribution < 1.29 is 41.9 Å². The van der Waals surface area contributed by atoms with Crippen LogP contribution >= 0.6 is 7.82 Å². The molecule has 0 radical (unpaired) electrons. The minimum Gasteiger partial charge on any atom is -0.460 e. The molecule has 0 N–H and O–H groups in total. The molecule has 0 aromatic heterocycles. The van der Waals surface area contributed by atoms with E-state index in [0.717, 1.165) is 12.8 Å². The number of phosphoric acid groups is 1. The highest BCUT2D eigenvalue weighted by atomic mass is 31.2. The van der Waals surface area contributed by atoms with Crippen molar-refractivity contribution in [1.82, 2.24) is 4.90 Å². The molecule has 0 saturated carbocycles. The third-order valence-electron chi connectivity index (χ3n) is 3.58. The van der Waals surface area contributed by atoms with Gasteiger partial charge in [0, 0.05) is 19.7 Å². The Hall–Kier alpha value is -1.19. The van der Waals surface area contributed by atoms with Crippen LogP contribution in [0.15, 0.2) is 0 Å². The lowest BCUT2D eigenvalue weighted by Gasteiger charge is -2.30. The molecule has 0 spiro atoms. The summed E-state index contributed by atoms with van der Waals surface area (Å²) in [6.07, 6.45) is 1.14. The average molecular weight is 512 g/mol. The normalized spacial score (nSPS) is 13.0. The van der Waals surface area contributed by atoms with Gasteiger partial charge < -0.3 is 19.1 Å². The minimum atomic E-state index is -4.03. The number of amides is 1. The van der Waals surface area contributed by atoms with Gasteiger partial charge in [-0.25, -0.2) is 13.9 Å². The molecule has 0 unspecified atom stereocenters. The van der Waals surface area contributed by atoms with Crippen LogP contribution in [0.2, 0.25) is 0 Å². The van der Waals surface area contributed by atoms with Crippen LogP contribution in [0.5, 0.6) is 0 Å². The highest BCUT2D eigenvalue weighted by Gasteiger charge is 2.37. The van der Waals surface area contributed by atoms with Gasteiger partial charge in [0.15, 0.2) is 0 Å². The van der Waals surface area contributed by atoms with E-state index in [1.165, 1.54) is 4.90 Å². The Bertz CT molecular complexity index is 643. The lowest BCUT2D eigenvalue weighted by Crippen LogP contribution is -2.37. The molecule has 11 heteroatoms. The molecule has 0 aliphatic rings. The number of rotatable bonds is 14. The first kappa shape index (κ1) is 32.8. The molecule has 0 aliphatic heterocycles. The van der Waals surface area contributed by atoms with Gasteiger partial charge in [-0.05, 0) is 68.7 Å². The minimum absolute atomic E-state index is 0.0129. The molecule has 34 heavy (non-hydrogen) atoms. The third-order valence-corrected chi connectivity index (χ3v) is 5.54. The number of nitrogens with zero attached hydrogens (tertiary/aromatic N) is 1. The lowest BCUT2D eigenvalue weighted by molar-refractivity contribution is -0.155. The van der Waals surface area contributed by atoms with Gasteiger partial charge in [-0.2, -0.15) is 0 Å². The molecule has 0 atom stereocenters. The number of esters is 1. The smallest absolute Gasteiger partial charge is 0.460 e.